The Morgan fingerprint density at radius 2 is 2.00 bits per heavy atom. The van der Waals surface area contributed by atoms with E-state index >= 15 is 0 Å². The summed E-state index contributed by atoms with van der Waals surface area (Å²) in [6.45, 7) is 4.39. The Balaban J connectivity index is 2.01. The molecule has 19 heavy (non-hydrogen) atoms. The van der Waals surface area contributed by atoms with Crippen LogP contribution in [-0.2, 0) is 24.0 Å². The summed E-state index contributed by atoms with van der Waals surface area (Å²) < 4.78 is 5.21. The Kier molecular flexibility index (Phi) is 3.21. The molecule has 1 heterocycles. The lowest BCUT2D eigenvalue weighted by Gasteiger charge is -2.35. The first-order chi connectivity index (χ1) is 9.20. The fourth-order valence-corrected chi connectivity index (χ4v) is 3.29. The predicted molar refractivity (Wildman–Crippen MR) is 75.8 cm³/mol. The number of carbonyl (C=O) groups is 1. The third kappa shape index (κ3) is 2.11. The lowest BCUT2D eigenvalue weighted by atomic mass is 9.93. The Hall–Kier alpha value is -1.51. The number of amides is 1. The van der Waals surface area contributed by atoms with Crippen molar-refractivity contribution in [3.8, 4) is 0 Å². The smallest absolute Gasteiger partial charge is 0.414 e. The minimum atomic E-state index is -0.200. The molecule has 0 saturated heterocycles. The Morgan fingerprint density at radius 1 is 1.26 bits per heavy atom. The highest BCUT2D eigenvalue weighted by molar-refractivity contribution is 5.90. The van der Waals surface area contributed by atoms with E-state index in [9.17, 15) is 4.79 Å². The fraction of sp³-hybridized carbons (Fsp3) is 0.562. The molecule has 3 rings (SSSR count). The molecular weight excluding hydrogens is 238 g/mol. The number of ether oxygens (including phenoxy) is 1. The van der Waals surface area contributed by atoms with E-state index in [0.717, 1.165) is 24.9 Å². The van der Waals surface area contributed by atoms with Gasteiger partial charge < -0.3 is 4.74 Å². The summed E-state index contributed by atoms with van der Waals surface area (Å²) in [6.07, 6.45) is 5.47. The predicted octanol–water partition coefficient (Wildman–Crippen LogP) is 3.47. The highest BCUT2D eigenvalue weighted by Crippen LogP contribution is 2.36. The van der Waals surface area contributed by atoms with E-state index in [0.29, 0.717) is 6.61 Å². The van der Waals surface area contributed by atoms with Crippen molar-refractivity contribution in [2.45, 2.75) is 52.0 Å². The minimum Gasteiger partial charge on any atom is -0.449 e. The Bertz CT molecular complexity index is 510. The van der Waals surface area contributed by atoms with Crippen molar-refractivity contribution < 1.29 is 9.53 Å². The zero-order chi connectivity index (χ0) is 13.4. The summed E-state index contributed by atoms with van der Waals surface area (Å²) in [5.41, 5.74) is 5.30. The van der Waals surface area contributed by atoms with Crippen LogP contribution in [0.3, 0.4) is 0 Å². The molecule has 2 aliphatic rings. The van der Waals surface area contributed by atoms with Crippen molar-refractivity contribution in [1.82, 2.24) is 0 Å². The average molecular weight is 259 g/mol. The van der Waals surface area contributed by atoms with Crippen LogP contribution in [0, 0.1) is 0 Å². The van der Waals surface area contributed by atoms with Crippen LogP contribution >= 0.6 is 0 Å². The lowest BCUT2D eigenvalue weighted by molar-refractivity contribution is 0.156. The van der Waals surface area contributed by atoms with E-state index < -0.39 is 0 Å². The standard InChI is InChI=1S/C16H21NO2/c1-3-19-16(18)17-11(2)7-8-14-9-12-5-4-6-13(12)10-15(14)17/h9-11H,3-8H2,1-2H3. The number of benzene rings is 1. The van der Waals surface area contributed by atoms with Crippen LogP contribution in [0.25, 0.3) is 0 Å². The molecule has 0 spiro atoms. The van der Waals surface area contributed by atoms with E-state index in [1.807, 2.05) is 11.8 Å². The quantitative estimate of drug-likeness (QED) is 0.773. The minimum absolute atomic E-state index is 0.200. The lowest BCUT2D eigenvalue weighted by Crippen LogP contribution is -2.42. The number of anilines is 1. The summed E-state index contributed by atoms with van der Waals surface area (Å²) in [5, 5.41) is 0. The molecule has 102 valence electrons. The molecular formula is C16H21NO2. The number of hydrogen-bond donors (Lipinski definition) is 0. The van der Waals surface area contributed by atoms with Crippen LogP contribution in [-0.4, -0.2) is 18.7 Å². The SMILES string of the molecule is CCOC(=O)N1c2cc3c(cc2CCC1C)CCC3. The van der Waals surface area contributed by atoms with Crippen molar-refractivity contribution in [2.24, 2.45) is 0 Å². The van der Waals surface area contributed by atoms with E-state index in [1.54, 1.807) is 0 Å². The van der Waals surface area contributed by atoms with Crippen molar-refractivity contribution in [2.75, 3.05) is 11.5 Å². The van der Waals surface area contributed by atoms with Gasteiger partial charge in [-0.1, -0.05) is 6.07 Å². The fourth-order valence-electron chi connectivity index (χ4n) is 3.29. The van der Waals surface area contributed by atoms with Gasteiger partial charge in [0.05, 0.1) is 12.3 Å². The van der Waals surface area contributed by atoms with E-state index in [-0.39, 0.29) is 12.1 Å². The first-order valence-corrected chi connectivity index (χ1v) is 7.31. The molecule has 0 radical (unpaired) electrons. The molecule has 1 aliphatic carbocycles. The van der Waals surface area contributed by atoms with Gasteiger partial charge in [0.1, 0.15) is 0 Å². The average Bonchev–Trinajstić information content (AvgIpc) is 2.83. The van der Waals surface area contributed by atoms with E-state index in [4.69, 9.17) is 4.74 Å². The number of nitrogens with zero attached hydrogens (tertiary/aromatic N) is 1. The van der Waals surface area contributed by atoms with Crippen LogP contribution in [0.5, 0.6) is 0 Å². The van der Waals surface area contributed by atoms with Gasteiger partial charge in [-0.15, -0.1) is 0 Å². The second-order valence-corrected chi connectivity index (χ2v) is 5.56. The van der Waals surface area contributed by atoms with E-state index in [1.165, 1.54) is 29.5 Å². The van der Waals surface area contributed by atoms with Gasteiger partial charge >= 0.3 is 6.09 Å². The second kappa shape index (κ2) is 4.87. The molecule has 1 unspecified atom stereocenters. The van der Waals surface area contributed by atoms with Gasteiger partial charge in [-0.3, -0.25) is 4.90 Å². The van der Waals surface area contributed by atoms with Crippen molar-refractivity contribution in [1.29, 1.82) is 0 Å². The molecule has 0 bridgehead atoms. The molecule has 1 atom stereocenters. The summed E-state index contributed by atoms with van der Waals surface area (Å²) in [6, 6.07) is 4.77. The van der Waals surface area contributed by atoms with Gasteiger partial charge in [-0.05, 0) is 68.7 Å². The zero-order valence-corrected chi connectivity index (χ0v) is 11.7. The summed E-state index contributed by atoms with van der Waals surface area (Å²) in [4.78, 5) is 14.0. The number of aryl methyl sites for hydroxylation is 3. The molecule has 1 aromatic carbocycles. The molecule has 1 aliphatic heterocycles. The first kappa shape index (κ1) is 12.5. The Labute approximate surface area is 114 Å². The van der Waals surface area contributed by atoms with Crippen LogP contribution in [0.2, 0.25) is 0 Å². The molecule has 0 N–H and O–H groups in total. The summed E-state index contributed by atoms with van der Waals surface area (Å²) >= 11 is 0. The van der Waals surface area contributed by atoms with Gasteiger partial charge in [0.15, 0.2) is 0 Å². The third-order valence-corrected chi connectivity index (χ3v) is 4.29. The monoisotopic (exact) mass is 259 g/mol. The van der Waals surface area contributed by atoms with Gasteiger partial charge in [0.25, 0.3) is 0 Å². The maximum Gasteiger partial charge on any atom is 0.414 e. The van der Waals surface area contributed by atoms with Crippen LogP contribution < -0.4 is 4.90 Å². The van der Waals surface area contributed by atoms with Crippen molar-refractivity contribution in [3.63, 3.8) is 0 Å². The van der Waals surface area contributed by atoms with E-state index in [2.05, 4.69) is 19.1 Å². The number of carbonyl (C=O) groups excluding carboxylic acids is 1. The van der Waals surface area contributed by atoms with Crippen molar-refractivity contribution in [3.05, 3.63) is 28.8 Å². The topological polar surface area (TPSA) is 29.5 Å². The molecule has 0 fully saturated rings. The molecule has 3 nitrogen and oxygen atoms in total. The molecule has 1 aromatic rings. The van der Waals surface area contributed by atoms with Gasteiger partial charge in [-0.2, -0.15) is 0 Å². The maximum absolute atomic E-state index is 12.2. The molecule has 0 aromatic heterocycles. The van der Waals surface area contributed by atoms with Gasteiger partial charge in [-0.25, -0.2) is 4.79 Å². The van der Waals surface area contributed by atoms with Gasteiger partial charge in [0.2, 0.25) is 0 Å². The molecule has 3 heteroatoms. The summed E-state index contributed by atoms with van der Waals surface area (Å²) in [5.74, 6) is 0. The molecule has 1 amide bonds. The summed E-state index contributed by atoms with van der Waals surface area (Å²) in [7, 11) is 0. The van der Waals surface area contributed by atoms with Crippen molar-refractivity contribution >= 4 is 11.8 Å². The Morgan fingerprint density at radius 3 is 2.74 bits per heavy atom. The van der Waals surface area contributed by atoms with Gasteiger partial charge in [0, 0.05) is 6.04 Å². The highest BCUT2D eigenvalue weighted by atomic mass is 16.6. The highest BCUT2D eigenvalue weighted by Gasteiger charge is 2.30. The van der Waals surface area contributed by atoms with Crippen LogP contribution in [0.15, 0.2) is 12.1 Å². The maximum atomic E-state index is 12.2. The first-order valence-electron chi connectivity index (χ1n) is 7.31. The van der Waals surface area contributed by atoms with Crippen LogP contribution in [0.1, 0.15) is 43.4 Å². The number of rotatable bonds is 1. The third-order valence-electron chi connectivity index (χ3n) is 4.29. The second-order valence-electron chi connectivity index (χ2n) is 5.56. The van der Waals surface area contributed by atoms with Crippen LogP contribution in [0.4, 0.5) is 10.5 Å². The number of fused-ring (bicyclic) bond motifs is 2. The normalized spacial score (nSPS) is 20.9. The largest absolute Gasteiger partial charge is 0.449 e. The molecule has 0 saturated carbocycles. The zero-order valence-electron chi connectivity index (χ0n) is 11.7. The number of hydrogen-bond acceptors (Lipinski definition) is 2.